The van der Waals surface area contributed by atoms with E-state index in [2.05, 4.69) is 159 Å². The minimum absolute atomic E-state index is 0. The Morgan fingerprint density at radius 2 is 0.565 bits per heavy atom. The molecule has 0 atom stereocenters. The van der Waals surface area contributed by atoms with Gasteiger partial charge in [0.05, 0.1) is 50.4 Å². The van der Waals surface area contributed by atoms with Gasteiger partial charge in [0.1, 0.15) is 0 Å². The fraction of sp³-hybridized carbons (Fsp3) is 0.167. The Kier molecular flexibility index (Phi) is 27.2. The van der Waals surface area contributed by atoms with Crippen LogP contribution in [0, 0.1) is 14.9 Å². The number of benzene rings is 4. The standard InChI is InChI=1S/2C13H13P.C8H12.2CH3.F5P.FH.Ir/c2*1-14(12-8-4-2-5-9-12)13-10-6-3-7-11-13;1-2-4-6-8-7-5-3-1;;;1-6(2,3,4)5;;/h2*2-11H,1H3;1-2,7-8H,3-6H2;2*1H3;;1H;/q;;;2*-1;;;+3/p+1/b;;2-1-,8-7-;;;;;. The van der Waals surface area contributed by atoms with Crippen molar-refractivity contribution in [3.8, 4) is 0 Å². The molecule has 4 aromatic carbocycles. The van der Waals surface area contributed by atoms with Crippen LogP contribution >= 0.6 is 24.0 Å². The summed E-state index contributed by atoms with van der Waals surface area (Å²) in [4.78, 5) is 0. The largest absolute Gasteiger partial charge is 3.00 e. The van der Waals surface area contributed by atoms with E-state index in [1.165, 1.54) is 46.9 Å². The van der Waals surface area contributed by atoms with Crippen molar-refractivity contribution < 1.29 is 45.8 Å². The van der Waals surface area contributed by atoms with Gasteiger partial charge in [-0.25, -0.2) is 0 Å². The molecule has 10 heteroatoms. The van der Waals surface area contributed by atoms with Gasteiger partial charge >= 0.3 is 49.2 Å². The predicted molar refractivity (Wildman–Crippen MR) is 195 cm³/mol. The molecule has 0 nitrogen and oxygen atoms in total. The summed E-state index contributed by atoms with van der Waals surface area (Å²) in [6, 6.07) is 43.0. The van der Waals surface area contributed by atoms with E-state index in [-0.39, 0.29) is 39.7 Å². The van der Waals surface area contributed by atoms with Gasteiger partial charge in [-0.05, 0) is 74.2 Å². The topological polar surface area (TPSA) is 0 Å². The molecule has 0 amide bonds. The molecule has 1 aliphatic carbocycles. The van der Waals surface area contributed by atoms with Gasteiger partial charge in [-0.3, -0.25) is 0 Å². The third-order valence-electron chi connectivity index (χ3n) is 6.16. The second-order valence-electron chi connectivity index (χ2n) is 9.45. The molecular weight excluding hydrogens is 832 g/mol. The molecule has 4 aromatic rings. The first-order valence-corrected chi connectivity index (χ1v) is 19.5. The molecule has 0 heterocycles. The van der Waals surface area contributed by atoms with Crippen molar-refractivity contribution in [3.63, 3.8) is 0 Å². The SMILES string of the molecule is C1=C\CC/C=C\CC/1.C[PH+](c1ccccc1)c1ccccc1.C[PH+](c1ccccc1)c1ccccc1.FP(F)(F)(F)F.[CH3-].[CH3-].[F-].[Ir+3]. The van der Waals surface area contributed by atoms with E-state index in [9.17, 15) is 21.0 Å². The maximum atomic E-state index is 9.84. The molecule has 0 spiro atoms. The maximum absolute atomic E-state index is 9.84. The quantitative estimate of drug-likeness (QED) is 0.0836. The first-order valence-electron chi connectivity index (χ1n) is 13.8. The van der Waals surface area contributed by atoms with E-state index in [1.807, 2.05) is 0 Å². The van der Waals surface area contributed by atoms with Gasteiger partial charge in [-0.1, -0.05) is 97.1 Å². The van der Waals surface area contributed by atoms with Gasteiger partial charge in [0.2, 0.25) is 0 Å². The molecule has 0 unspecified atom stereocenters. The molecule has 0 N–H and O–H groups in total. The van der Waals surface area contributed by atoms with Crippen LogP contribution in [0.3, 0.4) is 0 Å². The van der Waals surface area contributed by atoms with Crippen molar-refractivity contribution in [2.75, 3.05) is 13.3 Å². The number of hydrogen-bond acceptors (Lipinski definition) is 0. The molecule has 0 saturated heterocycles. The molecule has 0 saturated carbocycles. The van der Waals surface area contributed by atoms with Crippen molar-refractivity contribution >= 4 is 45.2 Å². The van der Waals surface area contributed by atoms with Gasteiger partial charge in [0.15, 0.2) is 0 Å². The number of rotatable bonds is 4. The molecule has 5 rings (SSSR count). The average molecular weight is 878 g/mol. The van der Waals surface area contributed by atoms with Crippen LogP contribution in [-0.2, 0) is 20.1 Å². The zero-order chi connectivity index (χ0) is 30.7. The van der Waals surface area contributed by atoms with Crippen molar-refractivity contribution in [3.05, 3.63) is 160 Å². The molecule has 46 heavy (non-hydrogen) atoms. The maximum Gasteiger partial charge on any atom is 3.00 e. The average Bonchev–Trinajstić information content (AvgIpc) is 2.97. The van der Waals surface area contributed by atoms with E-state index >= 15 is 0 Å². The van der Waals surface area contributed by atoms with Crippen LogP contribution in [0.25, 0.3) is 0 Å². The van der Waals surface area contributed by atoms with Gasteiger partial charge < -0.3 is 19.6 Å². The van der Waals surface area contributed by atoms with Gasteiger partial charge in [-0.15, -0.1) is 0 Å². The van der Waals surface area contributed by atoms with Gasteiger partial charge in [0, 0.05) is 0 Å². The molecule has 0 aromatic heterocycles. The van der Waals surface area contributed by atoms with Crippen molar-refractivity contribution in [2.24, 2.45) is 0 Å². The summed E-state index contributed by atoms with van der Waals surface area (Å²) in [5.74, 6) is 0. The van der Waals surface area contributed by atoms with Crippen LogP contribution in [0.5, 0.6) is 0 Å². The van der Waals surface area contributed by atoms with E-state index < -0.39 is 24.0 Å². The van der Waals surface area contributed by atoms with Crippen LogP contribution in [0.15, 0.2) is 146 Å². The molecule has 0 radical (unpaired) electrons. The van der Waals surface area contributed by atoms with E-state index in [1.54, 1.807) is 0 Å². The monoisotopic (exact) mass is 878 g/mol. The summed E-state index contributed by atoms with van der Waals surface area (Å²) in [5.41, 5.74) is 0. The number of hydrogen-bond donors (Lipinski definition) is 0. The Bertz CT molecular complexity index is 1120. The number of halogens is 6. The van der Waals surface area contributed by atoms with Crippen molar-refractivity contribution in [2.45, 2.75) is 25.7 Å². The first-order chi connectivity index (χ1) is 20.0. The van der Waals surface area contributed by atoms with Crippen LogP contribution in [0.4, 0.5) is 21.0 Å². The molecule has 0 aliphatic heterocycles. The normalized spacial score (nSPS) is 13.7. The van der Waals surface area contributed by atoms with E-state index in [4.69, 9.17) is 0 Å². The Hall–Kier alpha value is -2.12. The summed E-state index contributed by atoms with van der Waals surface area (Å²) < 4.78 is 49.2. The molecule has 254 valence electrons. The zero-order valence-corrected chi connectivity index (χ0v) is 32.0. The van der Waals surface area contributed by atoms with E-state index in [0.29, 0.717) is 0 Å². The van der Waals surface area contributed by atoms with Crippen LogP contribution in [-0.4, -0.2) is 13.3 Å². The first kappa shape index (κ1) is 48.3. The summed E-state index contributed by atoms with van der Waals surface area (Å²) in [6.07, 6.45) is 14.0. The Morgan fingerprint density at radius 1 is 0.413 bits per heavy atom. The summed E-state index contributed by atoms with van der Waals surface area (Å²) in [7, 11) is -9.64. The third kappa shape index (κ3) is 24.1. The second-order valence-corrected chi connectivity index (χ2v) is 15.5. The second kappa shape index (κ2) is 25.9. The van der Waals surface area contributed by atoms with Crippen molar-refractivity contribution in [1.29, 1.82) is 0 Å². The summed E-state index contributed by atoms with van der Waals surface area (Å²) in [5, 5.41) is 5.90. The van der Waals surface area contributed by atoms with Crippen LogP contribution < -0.4 is 25.9 Å². The summed E-state index contributed by atoms with van der Waals surface area (Å²) >= 11 is 0. The third-order valence-corrected chi connectivity index (χ3v) is 11.0. The molecule has 0 fully saturated rings. The van der Waals surface area contributed by atoms with E-state index in [0.717, 1.165) is 0 Å². The molecule has 1 aliphatic rings. The summed E-state index contributed by atoms with van der Waals surface area (Å²) in [6.45, 7) is 4.69. The van der Waals surface area contributed by atoms with Crippen LogP contribution in [0.1, 0.15) is 25.7 Å². The minimum Gasteiger partial charge on any atom is -1.00 e. The van der Waals surface area contributed by atoms with Gasteiger partial charge in [0.25, 0.3) is 0 Å². The Morgan fingerprint density at radius 3 is 0.717 bits per heavy atom. The van der Waals surface area contributed by atoms with Gasteiger partial charge in [-0.2, -0.15) is 0 Å². The fourth-order valence-electron chi connectivity index (χ4n) is 3.94. The Labute approximate surface area is 289 Å². The zero-order valence-electron chi connectivity index (χ0n) is 26.7. The smallest absolute Gasteiger partial charge is 1.00 e. The van der Waals surface area contributed by atoms with Crippen LogP contribution in [0.2, 0.25) is 0 Å². The fourth-order valence-corrected chi connectivity index (χ4v) is 7.38. The van der Waals surface area contributed by atoms with Crippen molar-refractivity contribution in [1.82, 2.24) is 0 Å². The predicted octanol–water partition coefficient (Wildman–Crippen LogP) is 8.50. The Balaban J connectivity index is -0.000000547. The molecule has 0 bridgehead atoms. The molecular formula is C36H46F6IrP3+2. The number of allylic oxidation sites excluding steroid dienone is 4. The minimum atomic E-state index is -8.55.